The number of amides is 3. The number of rotatable bonds is 11. The molecule has 4 unspecified atom stereocenters. The minimum atomic E-state index is -1.17. The highest BCUT2D eigenvalue weighted by Gasteiger charge is 2.27. The van der Waals surface area contributed by atoms with Gasteiger partial charge in [-0.3, -0.25) is 19.2 Å². The van der Waals surface area contributed by atoms with Crippen molar-refractivity contribution in [3.63, 3.8) is 0 Å². The third-order valence-corrected chi connectivity index (χ3v) is 4.39. The van der Waals surface area contributed by atoms with Gasteiger partial charge in [-0.2, -0.15) is 11.8 Å². The number of carbonyl (C=O) groups is 4. The molecule has 4 atom stereocenters. The van der Waals surface area contributed by atoms with Crippen LogP contribution in [-0.2, 0) is 19.2 Å². The Bertz CT molecular complexity index is 515. The first-order chi connectivity index (χ1) is 12.0. The van der Waals surface area contributed by atoms with Crippen LogP contribution in [0, 0.1) is 5.92 Å². The van der Waals surface area contributed by atoms with Gasteiger partial charge in [-0.05, 0) is 38.2 Å². The molecule has 0 aliphatic heterocycles. The summed E-state index contributed by atoms with van der Waals surface area (Å²) in [7, 11) is 0. The van der Waals surface area contributed by atoms with Crippen LogP contribution in [0.3, 0.4) is 0 Å². The topological polar surface area (TPSA) is 151 Å². The van der Waals surface area contributed by atoms with Crippen molar-refractivity contribution in [1.29, 1.82) is 0 Å². The van der Waals surface area contributed by atoms with E-state index in [1.165, 1.54) is 25.6 Å². The maximum Gasteiger partial charge on any atom is 0.325 e. The Labute approximate surface area is 158 Å². The normalized spacial score (nSPS) is 15.5. The van der Waals surface area contributed by atoms with Gasteiger partial charge < -0.3 is 26.8 Å². The first kappa shape index (κ1) is 24.2. The Morgan fingerprint density at radius 1 is 0.923 bits per heavy atom. The maximum atomic E-state index is 12.3. The van der Waals surface area contributed by atoms with Crippen molar-refractivity contribution in [1.82, 2.24) is 16.0 Å². The molecule has 0 bridgehead atoms. The number of aliphatic carboxylic acids is 1. The average Bonchev–Trinajstić information content (AvgIpc) is 2.56. The molecule has 6 N–H and O–H groups in total. The monoisotopic (exact) mass is 390 g/mol. The molecule has 150 valence electrons. The van der Waals surface area contributed by atoms with E-state index in [0.717, 1.165) is 0 Å². The Kier molecular flexibility index (Phi) is 10.9. The molecule has 10 heteroatoms. The molecule has 0 saturated carbocycles. The number of hydrogen-bond donors (Lipinski definition) is 5. The third-order valence-electron chi connectivity index (χ3n) is 3.75. The third kappa shape index (κ3) is 8.52. The van der Waals surface area contributed by atoms with Gasteiger partial charge in [0, 0.05) is 0 Å². The Balaban J connectivity index is 4.87. The van der Waals surface area contributed by atoms with Gasteiger partial charge in [-0.1, -0.05) is 13.8 Å². The standard InChI is InChI=1S/C16H30N4O5S/c1-8(2)12(17)15(23)18-9(3)13(21)20-11(6-7-26-5)14(22)19-10(4)16(24)25/h8-12H,6-7,17H2,1-5H3,(H,18,23)(H,19,22)(H,20,21)(H,24,25). The molecule has 0 aliphatic rings. The molecule has 0 spiro atoms. The molecule has 3 amide bonds. The highest BCUT2D eigenvalue weighted by Crippen LogP contribution is 2.03. The van der Waals surface area contributed by atoms with E-state index >= 15 is 0 Å². The van der Waals surface area contributed by atoms with Crippen LogP contribution in [0.15, 0.2) is 0 Å². The zero-order valence-electron chi connectivity index (χ0n) is 15.9. The maximum absolute atomic E-state index is 12.3. The lowest BCUT2D eigenvalue weighted by atomic mass is 10.0. The summed E-state index contributed by atoms with van der Waals surface area (Å²) in [5.74, 6) is -2.23. The van der Waals surface area contributed by atoms with Crippen molar-refractivity contribution in [2.24, 2.45) is 11.7 Å². The molecule has 0 aromatic rings. The van der Waals surface area contributed by atoms with E-state index in [9.17, 15) is 19.2 Å². The summed E-state index contributed by atoms with van der Waals surface area (Å²) < 4.78 is 0. The van der Waals surface area contributed by atoms with Crippen molar-refractivity contribution in [3.8, 4) is 0 Å². The molecule has 0 radical (unpaired) electrons. The zero-order chi connectivity index (χ0) is 20.4. The van der Waals surface area contributed by atoms with Crippen molar-refractivity contribution < 1.29 is 24.3 Å². The fourth-order valence-electron chi connectivity index (χ4n) is 1.85. The van der Waals surface area contributed by atoms with Gasteiger partial charge in [0.15, 0.2) is 0 Å². The quantitative estimate of drug-likeness (QED) is 0.313. The first-order valence-electron chi connectivity index (χ1n) is 8.39. The molecular formula is C16H30N4O5S. The Morgan fingerprint density at radius 2 is 1.46 bits per heavy atom. The van der Waals surface area contributed by atoms with Crippen LogP contribution in [0.5, 0.6) is 0 Å². The SMILES string of the molecule is CSCCC(NC(=O)C(C)NC(=O)C(N)C(C)C)C(=O)NC(C)C(=O)O. The predicted octanol–water partition coefficient (Wildman–Crippen LogP) is -0.698. The second kappa shape index (κ2) is 11.7. The molecule has 26 heavy (non-hydrogen) atoms. The lowest BCUT2D eigenvalue weighted by Crippen LogP contribution is -2.56. The molecular weight excluding hydrogens is 360 g/mol. The van der Waals surface area contributed by atoms with Crippen LogP contribution in [0.1, 0.15) is 34.1 Å². The van der Waals surface area contributed by atoms with E-state index in [0.29, 0.717) is 12.2 Å². The summed E-state index contributed by atoms with van der Waals surface area (Å²) in [4.78, 5) is 47.4. The summed E-state index contributed by atoms with van der Waals surface area (Å²) >= 11 is 1.49. The van der Waals surface area contributed by atoms with Gasteiger partial charge >= 0.3 is 5.97 Å². The number of carboxylic acid groups (broad SMARTS) is 1. The lowest BCUT2D eigenvalue weighted by Gasteiger charge is -2.23. The van der Waals surface area contributed by atoms with Crippen LogP contribution in [0.25, 0.3) is 0 Å². The molecule has 0 heterocycles. The van der Waals surface area contributed by atoms with Crippen molar-refractivity contribution in [2.45, 2.75) is 58.3 Å². The van der Waals surface area contributed by atoms with E-state index < -0.39 is 47.9 Å². The van der Waals surface area contributed by atoms with Crippen molar-refractivity contribution in [3.05, 3.63) is 0 Å². The molecule has 0 aliphatic carbocycles. The first-order valence-corrected chi connectivity index (χ1v) is 9.79. The summed E-state index contributed by atoms with van der Waals surface area (Å²) in [5, 5.41) is 16.3. The van der Waals surface area contributed by atoms with Gasteiger partial charge in [-0.25, -0.2) is 0 Å². The number of nitrogens with two attached hydrogens (primary N) is 1. The van der Waals surface area contributed by atoms with Crippen LogP contribution in [-0.4, -0.2) is 65.0 Å². The second-order valence-corrected chi connectivity index (χ2v) is 7.40. The van der Waals surface area contributed by atoms with Crippen molar-refractivity contribution in [2.75, 3.05) is 12.0 Å². The van der Waals surface area contributed by atoms with Gasteiger partial charge in [0.05, 0.1) is 6.04 Å². The second-order valence-electron chi connectivity index (χ2n) is 6.41. The van der Waals surface area contributed by atoms with Gasteiger partial charge in [0.2, 0.25) is 17.7 Å². The molecule has 9 nitrogen and oxygen atoms in total. The number of hydrogen-bond acceptors (Lipinski definition) is 6. The fraction of sp³-hybridized carbons (Fsp3) is 0.750. The summed E-state index contributed by atoms with van der Waals surface area (Å²) in [6.07, 6.45) is 2.18. The summed E-state index contributed by atoms with van der Waals surface area (Å²) in [6, 6.07) is -3.58. The number of carboxylic acids is 1. The smallest absolute Gasteiger partial charge is 0.325 e. The number of carbonyl (C=O) groups excluding carboxylic acids is 3. The van der Waals surface area contributed by atoms with E-state index in [-0.39, 0.29) is 5.92 Å². The Hall–Kier alpha value is -1.81. The van der Waals surface area contributed by atoms with Gasteiger partial charge in [0.25, 0.3) is 0 Å². The lowest BCUT2D eigenvalue weighted by molar-refractivity contribution is -0.141. The Morgan fingerprint density at radius 3 is 1.92 bits per heavy atom. The largest absolute Gasteiger partial charge is 0.480 e. The molecule has 0 aromatic carbocycles. The van der Waals surface area contributed by atoms with Crippen LogP contribution < -0.4 is 21.7 Å². The van der Waals surface area contributed by atoms with Crippen molar-refractivity contribution >= 4 is 35.5 Å². The summed E-state index contributed by atoms with van der Waals surface area (Å²) in [6.45, 7) is 6.41. The van der Waals surface area contributed by atoms with Crippen LogP contribution in [0.4, 0.5) is 0 Å². The molecule has 0 fully saturated rings. The predicted molar refractivity (Wildman–Crippen MR) is 101 cm³/mol. The summed E-state index contributed by atoms with van der Waals surface area (Å²) in [5.41, 5.74) is 5.74. The highest BCUT2D eigenvalue weighted by molar-refractivity contribution is 7.98. The van der Waals surface area contributed by atoms with Crippen LogP contribution in [0.2, 0.25) is 0 Å². The highest BCUT2D eigenvalue weighted by atomic mass is 32.2. The zero-order valence-corrected chi connectivity index (χ0v) is 16.7. The molecule has 0 rings (SSSR count). The number of nitrogens with one attached hydrogen (secondary N) is 3. The average molecular weight is 391 g/mol. The molecule has 0 aromatic heterocycles. The van der Waals surface area contributed by atoms with Crippen LogP contribution >= 0.6 is 11.8 Å². The van der Waals surface area contributed by atoms with E-state index in [4.69, 9.17) is 10.8 Å². The minimum Gasteiger partial charge on any atom is -0.480 e. The number of thioether (sulfide) groups is 1. The van der Waals surface area contributed by atoms with Gasteiger partial charge in [-0.15, -0.1) is 0 Å². The molecule has 0 saturated heterocycles. The van der Waals surface area contributed by atoms with Gasteiger partial charge in [0.1, 0.15) is 18.1 Å². The van der Waals surface area contributed by atoms with E-state index in [2.05, 4.69) is 16.0 Å². The fourth-order valence-corrected chi connectivity index (χ4v) is 2.33. The van der Waals surface area contributed by atoms with E-state index in [1.54, 1.807) is 13.8 Å². The van der Waals surface area contributed by atoms with E-state index in [1.807, 2.05) is 6.26 Å². The minimum absolute atomic E-state index is 0.0807.